The molecule has 0 saturated heterocycles. The summed E-state index contributed by atoms with van der Waals surface area (Å²) in [5, 5.41) is 7.15. The number of hydrogen-bond donors (Lipinski definition) is 2. The fourth-order valence-corrected chi connectivity index (χ4v) is 1.99. The summed E-state index contributed by atoms with van der Waals surface area (Å²) < 4.78 is 25.4. The average Bonchev–Trinajstić information content (AvgIpc) is 2.15. The number of carboxylic acids is 1. The highest BCUT2D eigenvalue weighted by atomic mass is 32.2. The number of nitrogens with one attached hydrogen (secondary N) is 1. The van der Waals surface area contributed by atoms with E-state index in [0.29, 0.717) is 5.69 Å². The van der Waals surface area contributed by atoms with Gasteiger partial charge in [-0.25, -0.2) is 8.42 Å². The van der Waals surface area contributed by atoms with Crippen LogP contribution in [-0.2, 0) is 14.8 Å². The molecule has 1 aromatic carbocycles. The minimum absolute atomic E-state index is 0.369. The average molecular weight is 243 g/mol. The molecule has 0 aliphatic rings. The van der Waals surface area contributed by atoms with Crippen LogP contribution in [0.1, 0.15) is 12.5 Å². The Morgan fingerprint density at radius 1 is 1.44 bits per heavy atom. The maximum atomic E-state index is 11.6. The number of anilines is 1. The molecule has 6 heteroatoms. The molecule has 0 aliphatic heterocycles. The molecule has 0 spiro atoms. The van der Waals surface area contributed by atoms with E-state index in [-0.39, 0.29) is 0 Å². The van der Waals surface area contributed by atoms with E-state index in [0.717, 1.165) is 12.5 Å². The van der Waals surface area contributed by atoms with Gasteiger partial charge in [0, 0.05) is 5.69 Å². The minimum atomic E-state index is -3.88. The predicted molar refractivity (Wildman–Crippen MR) is 60.8 cm³/mol. The number of aliphatic carboxylic acids is 1. The van der Waals surface area contributed by atoms with Crippen molar-refractivity contribution in [2.24, 2.45) is 0 Å². The first-order valence-electron chi connectivity index (χ1n) is 4.64. The Kier molecular flexibility index (Phi) is 3.54. The summed E-state index contributed by atoms with van der Waals surface area (Å²) in [5.41, 5.74) is 1.26. The summed E-state index contributed by atoms with van der Waals surface area (Å²) >= 11 is 0. The van der Waals surface area contributed by atoms with Crippen molar-refractivity contribution in [3.8, 4) is 0 Å². The van der Waals surface area contributed by atoms with Gasteiger partial charge in [-0.05, 0) is 31.5 Å². The third-order valence-corrected chi connectivity index (χ3v) is 3.74. The third kappa shape index (κ3) is 2.96. The zero-order valence-corrected chi connectivity index (χ0v) is 9.78. The summed E-state index contributed by atoms with van der Waals surface area (Å²) in [6.07, 6.45) is 0. The second-order valence-electron chi connectivity index (χ2n) is 3.50. The topological polar surface area (TPSA) is 83.5 Å². The van der Waals surface area contributed by atoms with E-state index in [1.807, 2.05) is 13.0 Å². The van der Waals surface area contributed by atoms with Crippen LogP contribution in [0.2, 0.25) is 0 Å². The number of carboxylic acid groups (broad SMARTS) is 1. The SMILES string of the molecule is Cc1cccc(NS(=O)(=O)C(C)C(=O)O)c1. The molecule has 0 amide bonds. The first-order chi connectivity index (χ1) is 7.33. The first-order valence-corrected chi connectivity index (χ1v) is 6.18. The van der Waals surface area contributed by atoms with Gasteiger partial charge in [0.2, 0.25) is 10.0 Å². The lowest BCUT2D eigenvalue weighted by Gasteiger charge is -2.11. The second kappa shape index (κ2) is 4.52. The molecule has 16 heavy (non-hydrogen) atoms. The summed E-state index contributed by atoms with van der Waals surface area (Å²) in [5.74, 6) is -1.37. The quantitative estimate of drug-likeness (QED) is 0.832. The van der Waals surface area contributed by atoms with E-state index in [9.17, 15) is 13.2 Å². The van der Waals surface area contributed by atoms with Gasteiger partial charge in [0.25, 0.3) is 0 Å². The lowest BCUT2D eigenvalue weighted by atomic mass is 10.2. The molecule has 0 heterocycles. The summed E-state index contributed by atoms with van der Waals surface area (Å²) in [7, 11) is -3.88. The highest BCUT2D eigenvalue weighted by molar-refractivity contribution is 7.94. The maximum absolute atomic E-state index is 11.6. The van der Waals surface area contributed by atoms with Crippen LogP contribution in [0.3, 0.4) is 0 Å². The summed E-state index contributed by atoms with van der Waals surface area (Å²) in [6, 6.07) is 6.71. The Bertz CT molecular complexity index is 495. The molecule has 1 unspecified atom stereocenters. The van der Waals surface area contributed by atoms with Crippen LogP contribution in [0.4, 0.5) is 5.69 Å². The third-order valence-electron chi connectivity index (χ3n) is 2.09. The van der Waals surface area contributed by atoms with E-state index in [1.54, 1.807) is 18.2 Å². The van der Waals surface area contributed by atoms with Crippen LogP contribution >= 0.6 is 0 Å². The van der Waals surface area contributed by atoms with E-state index >= 15 is 0 Å². The highest BCUT2D eigenvalue weighted by Gasteiger charge is 2.27. The molecule has 0 aromatic heterocycles. The second-order valence-corrected chi connectivity index (χ2v) is 5.50. The van der Waals surface area contributed by atoms with Gasteiger partial charge in [0.05, 0.1) is 0 Å². The molecule has 1 atom stereocenters. The predicted octanol–water partition coefficient (Wildman–Crippen LogP) is 1.21. The van der Waals surface area contributed by atoms with Crippen molar-refractivity contribution in [2.45, 2.75) is 19.1 Å². The van der Waals surface area contributed by atoms with Gasteiger partial charge in [0.1, 0.15) is 0 Å². The van der Waals surface area contributed by atoms with Crippen LogP contribution in [0, 0.1) is 6.92 Å². The fourth-order valence-electron chi connectivity index (χ4n) is 1.09. The summed E-state index contributed by atoms with van der Waals surface area (Å²) in [6.45, 7) is 2.94. The zero-order chi connectivity index (χ0) is 12.3. The molecule has 0 radical (unpaired) electrons. The Balaban J connectivity index is 2.93. The molecular weight excluding hydrogens is 230 g/mol. The maximum Gasteiger partial charge on any atom is 0.323 e. The normalized spacial score (nSPS) is 13.1. The molecule has 0 bridgehead atoms. The van der Waals surface area contributed by atoms with E-state index in [4.69, 9.17) is 5.11 Å². The van der Waals surface area contributed by atoms with E-state index in [1.165, 1.54) is 0 Å². The van der Waals surface area contributed by atoms with Crippen LogP contribution in [-0.4, -0.2) is 24.7 Å². The lowest BCUT2D eigenvalue weighted by molar-refractivity contribution is -0.136. The van der Waals surface area contributed by atoms with Gasteiger partial charge in [-0.2, -0.15) is 0 Å². The van der Waals surface area contributed by atoms with Gasteiger partial charge >= 0.3 is 5.97 Å². The van der Waals surface area contributed by atoms with Crippen molar-refractivity contribution in [1.82, 2.24) is 0 Å². The number of aryl methyl sites for hydroxylation is 1. The Morgan fingerprint density at radius 2 is 2.06 bits per heavy atom. The molecule has 0 saturated carbocycles. The molecule has 88 valence electrons. The van der Waals surface area contributed by atoms with Crippen molar-refractivity contribution in [1.29, 1.82) is 0 Å². The van der Waals surface area contributed by atoms with Gasteiger partial charge in [-0.1, -0.05) is 12.1 Å². The molecule has 0 fully saturated rings. The number of benzene rings is 1. The van der Waals surface area contributed by atoms with E-state index in [2.05, 4.69) is 4.72 Å². The summed E-state index contributed by atoms with van der Waals surface area (Å²) in [4.78, 5) is 10.6. The van der Waals surface area contributed by atoms with Crippen molar-refractivity contribution in [3.63, 3.8) is 0 Å². The van der Waals surface area contributed by atoms with Crippen molar-refractivity contribution < 1.29 is 18.3 Å². The smallest absolute Gasteiger partial charge is 0.323 e. The van der Waals surface area contributed by atoms with Gasteiger partial charge in [0.15, 0.2) is 5.25 Å². The number of carbonyl (C=O) groups is 1. The molecular formula is C10H13NO4S. The number of sulfonamides is 1. The highest BCUT2D eigenvalue weighted by Crippen LogP contribution is 2.13. The Morgan fingerprint density at radius 3 is 2.56 bits per heavy atom. The van der Waals surface area contributed by atoms with Crippen LogP contribution < -0.4 is 4.72 Å². The Labute approximate surface area is 94.2 Å². The standard InChI is InChI=1S/C10H13NO4S/c1-7-4-3-5-9(6-7)11-16(14,15)8(2)10(12)13/h3-6,8,11H,1-2H3,(H,12,13). The fraction of sp³-hybridized carbons (Fsp3) is 0.300. The van der Waals surface area contributed by atoms with Crippen LogP contribution in [0.15, 0.2) is 24.3 Å². The van der Waals surface area contributed by atoms with Crippen molar-refractivity contribution >= 4 is 21.7 Å². The Hall–Kier alpha value is -1.56. The molecule has 1 aromatic rings. The first kappa shape index (κ1) is 12.5. The number of rotatable bonds is 4. The van der Waals surface area contributed by atoms with Gasteiger partial charge in [-0.3, -0.25) is 9.52 Å². The van der Waals surface area contributed by atoms with Crippen LogP contribution in [0.5, 0.6) is 0 Å². The number of hydrogen-bond acceptors (Lipinski definition) is 3. The van der Waals surface area contributed by atoms with Crippen molar-refractivity contribution in [2.75, 3.05) is 4.72 Å². The molecule has 0 aliphatic carbocycles. The minimum Gasteiger partial charge on any atom is -0.480 e. The molecule has 5 nitrogen and oxygen atoms in total. The van der Waals surface area contributed by atoms with Gasteiger partial charge in [-0.15, -0.1) is 0 Å². The van der Waals surface area contributed by atoms with E-state index < -0.39 is 21.2 Å². The lowest BCUT2D eigenvalue weighted by Crippen LogP contribution is -2.32. The molecule has 2 N–H and O–H groups in total. The van der Waals surface area contributed by atoms with Crippen LogP contribution in [0.25, 0.3) is 0 Å². The van der Waals surface area contributed by atoms with Crippen molar-refractivity contribution in [3.05, 3.63) is 29.8 Å². The largest absolute Gasteiger partial charge is 0.480 e. The zero-order valence-electron chi connectivity index (χ0n) is 8.97. The monoisotopic (exact) mass is 243 g/mol. The van der Waals surface area contributed by atoms with Gasteiger partial charge < -0.3 is 5.11 Å². The molecule has 1 rings (SSSR count).